The predicted molar refractivity (Wildman–Crippen MR) is 42.1 cm³/mol. The summed E-state index contributed by atoms with van der Waals surface area (Å²) in [5.74, 6) is 0.845. The maximum Gasteiger partial charge on any atom is 0.482 e. The Labute approximate surface area is 70.6 Å². The van der Waals surface area contributed by atoms with Gasteiger partial charge in [-0.2, -0.15) is 4.89 Å². The first-order chi connectivity index (χ1) is 5.88. The fraction of sp³-hybridized carbons (Fsp3) is 0.143. The molecule has 0 atom stereocenters. The Hall–Kier alpha value is -1.04. The van der Waals surface area contributed by atoms with E-state index >= 15 is 0 Å². The van der Waals surface area contributed by atoms with Crippen molar-refractivity contribution in [2.24, 2.45) is 0 Å². The first-order valence-corrected chi connectivity index (χ1v) is 3.36. The van der Waals surface area contributed by atoms with Gasteiger partial charge < -0.3 is 14.9 Å². The molecule has 0 saturated heterocycles. The number of fused-ring (bicyclic) bond motifs is 1. The zero-order valence-electron chi connectivity index (χ0n) is 6.30. The average Bonchev–Trinajstić information content (AvgIpc) is 2.52. The summed E-state index contributed by atoms with van der Waals surface area (Å²) in [7, 11) is 0. The Morgan fingerprint density at radius 3 is 2.58 bits per heavy atom. The van der Waals surface area contributed by atoms with Crippen LogP contribution in [0, 0.1) is 0 Å². The summed E-state index contributed by atoms with van der Waals surface area (Å²) in [5, 5.41) is 14.0. The van der Waals surface area contributed by atoms with Crippen molar-refractivity contribution in [3.63, 3.8) is 0 Å². The summed E-state index contributed by atoms with van der Waals surface area (Å²) in [5.41, 5.74) is 1.12. The molecule has 1 aromatic rings. The molecule has 0 aliphatic carbocycles. The number of para-hydroxylation sites is 1. The summed E-state index contributed by atoms with van der Waals surface area (Å²) >= 11 is 0. The van der Waals surface area contributed by atoms with Crippen LogP contribution < -0.4 is 4.89 Å². The van der Waals surface area contributed by atoms with Crippen LogP contribution in [-0.2, 0) is 11.5 Å². The van der Waals surface area contributed by atoms with Crippen molar-refractivity contribution in [2.45, 2.75) is 6.61 Å². The largest absolute Gasteiger partial charge is 0.482 e. The number of benzene rings is 1. The standard InChI is InChI=1S/C7H6O2.BH2O2/c1-2-4-7-6(3-1)5-8-9-7;2-1-3/h1-4H,5H2;2-3H. The average molecular weight is 167 g/mol. The highest BCUT2D eigenvalue weighted by molar-refractivity contribution is 6.13. The van der Waals surface area contributed by atoms with Crippen LogP contribution in [0.1, 0.15) is 5.56 Å². The lowest BCUT2D eigenvalue weighted by Crippen LogP contribution is -1.80. The molecule has 2 N–H and O–H groups in total. The molecule has 1 aliphatic heterocycles. The molecule has 2 rings (SSSR count). The van der Waals surface area contributed by atoms with E-state index in [1.54, 1.807) is 0 Å². The van der Waals surface area contributed by atoms with Crippen LogP contribution in [0.5, 0.6) is 5.75 Å². The van der Waals surface area contributed by atoms with E-state index in [2.05, 4.69) is 0 Å². The fourth-order valence-corrected chi connectivity index (χ4v) is 0.861. The van der Waals surface area contributed by atoms with Crippen molar-refractivity contribution in [1.82, 2.24) is 0 Å². The Kier molecular flexibility index (Phi) is 3.60. The quantitative estimate of drug-likeness (QED) is 0.422. The molecular weight excluding hydrogens is 159 g/mol. The molecule has 0 unspecified atom stereocenters. The van der Waals surface area contributed by atoms with Gasteiger partial charge in [0, 0.05) is 5.56 Å². The van der Waals surface area contributed by atoms with Gasteiger partial charge >= 0.3 is 7.69 Å². The molecule has 0 bridgehead atoms. The molecule has 0 spiro atoms. The van der Waals surface area contributed by atoms with Gasteiger partial charge in [-0.3, -0.25) is 0 Å². The second-order valence-electron chi connectivity index (χ2n) is 2.07. The zero-order chi connectivity index (χ0) is 8.81. The molecule has 63 valence electrons. The maximum atomic E-state index is 7.00. The summed E-state index contributed by atoms with van der Waals surface area (Å²) < 4.78 is 0. The molecule has 0 aromatic heterocycles. The topological polar surface area (TPSA) is 58.9 Å². The van der Waals surface area contributed by atoms with Gasteiger partial charge in [-0.25, -0.2) is 0 Å². The number of rotatable bonds is 0. The minimum atomic E-state index is 0. The highest BCUT2D eigenvalue weighted by atomic mass is 17.2. The van der Waals surface area contributed by atoms with Gasteiger partial charge in [0.05, 0.1) is 0 Å². The third-order valence-corrected chi connectivity index (χ3v) is 1.34. The molecule has 1 heterocycles. The fourth-order valence-electron chi connectivity index (χ4n) is 0.861. The van der Waals surface area contributed by atoms with Gasteiger partial charge in [0.15, 0.2) is 5.75 Å². The Bertz CT molecular complexity index is 218. The Morgan fingerprint density at radius 2 is 1.92 bits per heavy atom. The van der Waals surface area contributed by atoms with E-state index < -0.39 is 0 Å². The predicted octanol–water partition coefficient (Wildman–Crippen LogP) is 0.0158. The summed E-state index contributed by atoms with van der Waals surface area (Å²) in [6, 6.07) is 7.77. The van der Waals surface area contributed by atoms with Crippen molar-refractivity contribution >= 4 is 7.69 Å². The minimum Gasteiger partial charge on any atom is -0.429 e. The van der Waals surface area contributed by atoms with Crippen LogP contribution in [0.4, 0.5) is 0 Å². The van der Waals surface area contributed by atoms with E-state index in [1.807, 2.05) is 24.3 Å². The molecule has 1 aromatic carbocycles. The van der Waals surface area contributed by atoms with Crippen LogP contribution in [-0.4, -0.2) is 17.7 Å². The molecule has 1 radical (unpaired) electrons. The van der Waals surface area contributed by atoms with Crippen molar-refractivity contribution < 1.29 is 19.8 Å². The monoisotopic (exact) mass is 167 g/mol. The van der Waals surface area contributed by atoms with E-state index in [4.69, 9.17) is 19.8 Å². The Balaban J connectivity index is 0.000000213. The van der Waals surface area contributed by atoms with Gasteiger partial charge in [0.2, 0.25) is 0 Å². The van der Waals surface area contributed by atoms with Crippen molar-refractivity contribution in [3.05, 3.63) is 29.8 Å². The molecule has 12 heavy (non-hydrogen) atoms. The molecule has 0 saturated carbocycles. The van der Waals surface area contributed by atoms with Crippen molar-refractivity contribution in [2.75, 3.05) is 0 Å². The van der Waals surface area contributed by atoms with Crippen LogP contribution in [0.15, 0.2) is 24.3 Å². The third-order valence-electron chi connectivity index (χ3n) is 1.34. The molecule has 5 heteroatoms. The lowest BCUT2D eigenvalue weighted by atomic mass is 10.2. The van der Waals surface area contributed by atoms with Crippen LogP contribution in [0.2, 0.25) is 0 Å². The number of hydrogen-bond donors (Lipinski definition) is 2. The van der Waals surface area contributed by atoms with Crippen LogP contribution in [0.3, 0.4) is 0 Å². The lowest BCUT2D eigenvalue weighted by molar-refractivity contribution is -0.194. The van der Waals surface area contributed by atoms with Gasteiger partial charge in [-0.1, -0.05) is 18.2 Å². The van der Waals surface area contributed by atoms with Gasteiger partial charge in [0.25, 0.3) is 0 Å². The summed E-state index contributed by atoms with van der Waals surface area (Å²) in [6.07, 6.45) is 0. The third kappa shape index (κ3) is 2.23. The second-order valence-corrected chi connectivity index (χ2v) is 2.07. The summed E-state index contributed by atoms with van der Waals surface area (Å²) in [6.45, 7) is 0.580. The molecule has 0 fully saturated rings. The van der Waals surface area contributed by atoms with Gasteiger partial charge in [-0.15, -0.1) is 0 Å². The van der Waals surface area contributed by atoms with Gasteiger partial charge in [0.1, 0.15) is 6.61 Å². The molecule has 1 aliphatic rings. The van der Waals surface area contributed by atoms with E-state index in [1.165, 1.54) is 0 Å². The van der Waals surface area contributed by atoms with Crippen molar-refractivity contribution in [1.29, 1.82) is 0 Å². The highest BCUT2D eigenvalue weighted by Gasteiger charge is 2.10. The first-order valence-electron chi connectivity index (χ1n) is 3.36. The normalized spacial score (nSPS) is 12.2. The minimum absolute atomic E-state index is 0. The van der Waals surface area contributed by atoms with Crippen molar-refractivity contribution in [3.8, 4) is 5.75 Å². The number of hydrogen-bond acceptors (Lipinski definition) is 4. The van der Waals surface area contributed by atoms with Gasteiger partial charge in [-0.05, 0) is 6.07 Å². The van der Waals surface area contributed by atoms with Crippen LogP contribution in [0.25, 0.3) is 0 Å². The Morgan fingerprint density at radius 1 is 1.25 bits per heavy atom. The molecule has 4 nitrogen and oxygen atoms in total. The zero-order valence-corrected chi connectivity index (χ0v) is 6.30. The smallest absolute Gasteiger partial charge is 0.429 e. The maximum absolute atomic E-state index is 7.00. The lowest BCUT2D eigenvalue weighted by Gasteiger charge is -1.89. The first kappa shape index (κ1) is 9.06. The highest BCUT2D eigenvalue weighted by Crippen LogP contribution is 2.24. The van der Waals surface area contributed by atoms with E-state index in [9.17, 15) is 0 Å². The molecular formula is C7H8BO4. The second kappa shape index (κ2) is 4.76. The van der Waals surface area contributed by atoms with E-state index in [0.717, 1.165) is 11.3 Å². The van der Waals surface area contributed by atoms with E-state index in [-0.39, 0.29) is 7.69 Å². The summed E-state index contributed by atoms with van der Waals surface area (Å²) in [4.78, 5) is 9.51. The molecule has 0 amide bonds. The van der Waals surface area contributed by atoms with Crippen LogP contribution >= 0.6 is 0 Å². The van der Waals surface area contributed by atoms with E-state index in [0.29, 0.717) is 6.61 Å². The SMILES string of the molecule is O[B]O.c1ccc2c(c1)COO2.